The van der Waals surface area contributed by atoms with E-state index < -0.39 is 36.1 Å². The Labute approximate surface area is 192 Å². The number of fused-ring (bicyclic) bond motifs is 1. The fourth-order valence-electron chi connectivity index (χ4n) is 4.57. The van der Waals surface area contributed by atoms with Gasteiger partial charge in [-0.2, -0.15) is 0 Å². The highest BCUT2D eigenvalue weighted by molar-refractivity contribution is 5.97. The van der Waals surface area contributed by atoms with Crippen molar-refractivity contribution < 1.29 is 23.9 Å². The molecular weight excluding hydrogens is 420 g/mol. The maximum atomic E-state index is 13.8. The zero-order valence-corrected chi connectivity index (χ0v) is 18.8. The largest absolute Gasteiger partial charge is 0.467 e. The summed E-state index contributed by atoms with van der Waals surface area (Å²) < 4.78 is 10.1. The minimum absolute atomic E-state index is 0.158. The normalized spacial score (nSPS) is 18.9. The zero-order valence-electron chi connectivity index (χ0n) is 18.8. The van der Waals surface area contributed by atoms with E-state index in [0.717, 1.165) is 21.9 Å². The van der Waals surface area contributed by atoms with Gasteiger partial charge in [0.05, 0.1) is 20.3 Å². The summed E-state index contributed by atoms with van der Waals surface area (Å²) in [6.07, 6.45) is 0. The summed E-state index contributed by atoms with van der Waals surface area (Å²) >= 11 is 0. The lowest BCUT2D eigenvalue weighted by molar-refractivity contribution is -0.155. The van der Waals surface area contributed by atoms with Crippen LogP contribution in [0.2, 0.25) is 0 Å². The van der Waals surface area contributed by atoms with Crippen LogP contribution in [0.25, 0.3) is 10.8 Å². The molecule has 0 N–H and O–H groups in total. The molecule has 1 saturated heterocycles. The molecule has 0 radical (unpaired) electrons. The number of methoxy groups -OCH3 is 2. The van der Waals surface area contributed by atoms with E-state index in [1.165, 1.54) is 24.0 Å². The number of nitrogens with zero attached hydrogens (tertiary/aromatic N) is 2. The second kappa shape index (κ2) is 9.32. The number of benzene rings is 3. The second-order valence-corrected chi connectivity index (χ2v) is 7.98. The molecule has 2 amide bonds. The van der Waals surface area contributed by atoms with E-state index in [1.54, 1.807) is 0 Å². The van der Waals surface area contributed by atoms with E-state index in [4.69, 9.17) is 9.47 Å². The molecule has 3 atom stereocenters. The molecule has 1 aliphatic heterocycles. The van der Waals surface area contributed by atoms with Crippen LogP contribution in [0.5, 0.6) is 0 Å². The molecule has 33 heavy (non-hydrogen) atoms. The van der Waals surface area contributed by atoms with Crippen molar-refractivity contribution in [3.63, 3.8) is 0 Å². The summed E-state index contributed by atoms with van der Waals surface area (Å²) in [4.78, 5) is 42.4. The smallest absolute Gasteiger partial charge is 0.331 e. The number of hydrogen-bond acceptors (Lipinski definition) is 5. The predicted octanol–water partition coefficient (Wildman–Crippen LogP) is 3.92. The van der Waals surface area contributed by atoms with Crippen LogP contribution in [0.1, 0.15) is 24.1 Å². The van der Waals surface area contributed by atoms with Crippen LogP contribution < -0.4 is 0 Å². The van der Waals surface area contributed by atoms with Gasteiger partial charge in [0, 0.05) is 6.54 Å². The molecule has 3 unspecified atom stereocenters. The van der Waals surface area contributed by atoms with Crippen LogP contribution in [0.15, 0.2) is 72.8 Å². The van der Waals surface area contributed by atoms with E-state index in [9.17, 15) is 14.4 Å². The third-order valence-corrected chi connectivity index (χ3v) is 6.17. The summed E-state index contributed by atoms with van der Waals surface area (Å²) in [5, 5.41) is 1.99. The van der Waals surface area contributed by atoms with Gasteiger partial charge in [-0.1, -0.05) is 72.8 Å². The SMILES string of the molecule is COC(=O)C1C(C(=O)OC)N(C(C)c2cccc3ccccc23)C(=O)N1Cc1ccccc1. The number of urea groups is 1. The van der Waals surface area contributed by atoms with Crippen LogP contribution in [-0.4, -0.2) is 54.1 Å². The van der Waals surface area contributed by atoms with Gasteiger partial charge in [0.1, 0.15) is 0 Å². The van der Waals surface area contributed by atoms with Gasteiger partial charge < -0.3 is 19.3 Å². The van der Waals surface area contributed by atoms with Gasteiger partial charge in [0.15, 0.2) is 12.1 Å². The lowest BCUT2D eigenvalue weighted by atomic mass is 9.97. The number of esters is 2. The van der Waals surface area contributed by atoms with E-state index in [-0.39, 0.29) is 6.54 Å². The molecule has 3 aromatic carbocycles. The molecule has 3 aromatic rings. The van der Waals surface area contributed by atoms with E-state index in [2.05, 4.69) is 0 Å². The molecule has 0 spiro atoms. The summed E-state index contributed by atoms with van der Waals surface area (Å²) in [6, 6.07) is 19.8. The highest BCUT2D eigenvalue weighted by atomic mass is 16.5. The predicted molar refractivity (Wildman–Crippen MR) is 123 cm³/mol. The Morgan fingerprint density at radius 1 is 0.848 bits per heavy atom. The van der Waals surface area contributed by atoms with Gasteiger partial charge in [-0.25, -0.2) is 14.4 Å². The fourth-order valence-corrected chi connectivity index (χ4v) is 4.57. The standard InChI is InChI=1S/C26H26N2O5/c1-17(20-15-9-13-19-12-7-8-14-21(19)20)28-23(25(30)33-3)22(24(29)32-2)27(26(28)31)16-18-10-5-4-6-11-18/h4-15,17,22-23H,16H2,1-3H3. The number of carbonyl (C=O) groups is 3. The molecule has 0 bridgehead atoms. The van der Waals surface area contributed by atoms with E-state index >= 15 is 0 Å². The first-order valence-corrected chi connectivity index (χ1v) is 10.7. The topological polar surface area (TPSA) is 76.2 Å². The van der Waals surface area contributed by atoms with Crippen molar-refractivity contribution in [3.05, 3.63) is 83.9 Å². The molecule has 1 heterocycles. The first kappa shape index (κ1) is 22.3. The molecule has 170 valence electrons. The maximum absolute atomic E-state index is 13.8. The summed E-state index contributed by atoms with van der Waals surface area (Å²) in [7, 11) is 2.50. The first-order chi connectivity index (χ1) is 16.0. The molecular formula is C26H26N2O5. The van der Waals surface area contributed by atoms with E-state index in [1.807, 2.05) is 79.7 Å². The Morgan fingerprint density at radius 2 is 1.45 bits per heavy atom. The third-order valence-electron chi connectivity index (χ3n) is 6.17. The molecule has 4 rings (SSSR count). The van der Waals surface area contributed by atoms with Crippen LogP contribution in [0.4, 0.5) is 4.79 Å². The summed E-state index contributed by atoms with van der Waals surface area (Å²) in [5.41, 5.74) is 1.71. The number of carbonyl (C=O) groups excluding carboxylic acids is 3. The Kier molecular flexibility index (Phi) is 6.31. The lowest BCUT2D eigenvalue weighted by Gasteiger charge is -2.30. The molecule has 0 aliphatic carbocycles. The third kappa shape index (κ3) is 4.02. The monoisotopic (exact) mass is 446 g/mol. The van der Waals surface area contributed by atoms with Crippen molar-refractivity contribution in [2.75, 3.05) is 14.2 Å². The number of hydrogen-bond donors (Lipinski definition) is 0. The summed E-state index contributed by atoms with van der Waals surface area (Å²) in [5.74, 6) is -1.33. The average Bonchev–Trinajstić information content (AvgIpc) is 3.14. The van der Waals surface area contributed by atoms with Gasteiger partial charge >= 0.3 is 18.0 Å². The lowest BCUT2D eigenvalue weighted by Crippen LogP contribution is -2.49. The van der Waals surface area contributed by atoms with Crippen molar-refractivity contribution in [2.24, 2.45) is 0 Å². The maximum Gasteiger partial charge on any atom is 0.331 e. The van der Waals surface area contributed by atoms with Gasteiger partial charge in [0.2, 0.25) is 0 Å². The van der Waals surface area contributed by atoms with Gasteiger partial charge in [-0.05, 0) is 28.8 Å². The van der Waals surface area contributed by atoms with Gasteiger partial charge in [-0.3, -0.25) is 0 Å². The van der Waals surface area contributed by atoms with Crippen LogP contribution in [0.3, 0.4) is 0 Å². The quantitative estimate of drug-likeness (QED) is 0.537. The highest BCUT2D eigenvalue weighted by Crippen LogP contribution is 2.37. The number of rotatable bonds is 6. The Hall–Kier alpha value is -3.87. The highest BCUT2D eigenvalue weighted by Gasteiger charge is 2.55. The van der Waals surface area contributed by atoms with Crippen molar-refractivity contribution in [2.45, 2.75) is 31.6 Å². The Bertz CT molecular complexity index is 1170. The number of ether oxygens (including phenoxy) is 2. The average molecular weight is 447 g/mol. The van der Waals surface area contributed by atoms with Crippen molar-refractivity contribution in [1.29, 1.82) is 0 Å². The van der Waals surface area contributed by atoms with Crippen molar-refractivity contribution in [1.82, 2.24) is 9.80 Å². The first-order valence-electron chi connectivity index (χ1n) is 10.7. The Balaban J connectivity index is 1.81. The van der Waals surface area contributed by atoms with Crippen molar-refractivity contribution >= 4 is 28.7 Å². The minimum Gasteiger partial charge on any atom is -0.467 e. The second-order valence-electron chi connectivity index (χ2n) is 7.98. The van der Waals surface area contributed by atoms with Crippen LogP contribution in [-0.2, 0) is 25.6 Å². The number of amides is 2. The Morgan fingerprint density at radius 3 is 2.15 bits per heavy atom. The summed E-state index contributed by atoms with van der Waals surface area (Å²) in [6.45, 7) is 2.02. The van der Waals surface area contributed by atoms with Gasteiger partial charge in [0.25, 0.3) is 0 Å². The minimum atomic E-state index is -1.15. The van der Waals surface area contributed by atoms with Gasteiger partial charge in [-0.15, -0.1) is 0 Å². The molecule has 7 nitrogen and oxygen atoms in total. The van der Waals surface area contributed by atoms with Crippen molar-refractivity contribution in [3.8, 4) is 0 Å². The molecule has 0 saturated carbocycles. The van der Waals surface area contributed by atoms with Crippen LogP contribution in [0, 0.1) is 0 Å². The molecule has 0 aromatic heterocycles. The van der Waals surface area contributed by atoms with E-state index in [0.29, 0.717) is 0 Å². The molecule has 1 fully saturated rings. The molecule has 1 aliphatic rings. The molecule has 7 heteroatoms. The fraction of sp³-hybridized carbons (Fsp3) is 0.269. The zero-order chi connectivity index (χ0) is 23.5. The van der Waals surface area contributed by atoms with Crippen LogP contribution >= 0.6 is 0 Å².